The van der Waals surface area contributed by atoms with Crippen LogP contribution in [0, 0.1) is 0 Å². The summed E-state index contributed by atoms with van der Waals surface area (Å²) in [4.78, 5) is 11.0. The number of hydrogen-bond acceptors (Lipinski definition) is 3. The Morgan fingerprint density at radius 3 is 2.71 bits per heavy atom. The standard InChI is InChI=1S/C7H5BrN2O3S/c8-4-2-1-3-5-6(4)9-7(11)10-14(5,12)13/h1-3H,(H2,9,10,11). The van der Waals surface area contributed by atoms with Gasteiger partial charge in [-0.1, -0.05) is 6.07 Å². The van der Waals surface area contributed by atoms with E-state index in [0.29, 0.717) is 4.47 Å². The average Bonchev–Trinajstić information content (AvgIpc) is 2.05. The van der Waals surface area contributed by atoms with Crippen LogP contribution in [0.2, 0.25) is 0 Å². The fraction of sp³-hybridized carbons (Fsp3) is 0. The van der Waals surface area contributed by atoms with Crippen molar-refractivity contribution < 1.29 is 13.2 Å². The fourth-order valence-electron chi connectivity index (χ4n) is 1.17. The van der Waals surface area contributed by atoms with E-state index in [4.69, 9.17) is 0 Å². The molecule has 1 heterocycles. The lowest BCUT2D eigenvalue weighted by Crippen LogP contribution is -2.39. The topological polar surface area (TPSA) is 75.3 Å². The Morgan fingerprint density at radius 2 is 2.00 bits per heavy atom. The Bertz CT molecular complexity index is 512. The molecule has 0 radical (unpaired) electrons. The van der Waals surface area contributed by atoms with E-state index in [-0.39, 0.29) is 10.6 Å². The first-order chi connectivity index (χ1) is 6.50. The van der Waals surface area contributed by atoms with Crippen LogP contribution in [-0.4, -0.2) is 14.4 Å². The van der Waals surface area contributed by atoms with Crippen LogP contribution in [0.5, 0.6) is 0 Å². The van der Waals surface area contributed by atoms with Gasteiger partial charge in [0.15, 0.2) is 0 Å². The highest BCUT2D eigenvalue weighted by atomic mass is 79.9. The molecule has 7 heteroatoms. The summed E-state index contributed by atoms with van der Waals surface area (Å²) >= 11 is 3.15. The van der Waals surface area contributed by atoms with Gasteiger partial charge in [-0.3, -0.25) is 0 Å². The van der Waals surface area contributed by atoms with Crippen molar-refractivity contribution in [3.8, 4) is 0 Å². The summed E-state index contributed by atoms with van der Waals surface area (Å²) in [7, 11) is -3.71. The molecule has 0 saturated carbocycles. The van der Waals surface area contributed by atoms with E-state index in [0.717, 1.165) is 0 Å². The molecule has 14 heavy (non-hydrogen) atoms. The Hall–Kier alpha value is -1.08. The van der Waals surface area contributed by atoms with E-state index < -0.39 is 16.1 Å². The minimum Gasteiger partial charge on any atom is -0.305 e. The van der Waals surface area contributed by atoms with Gasteiger partial charge in [0.2, 0.25) is 0 Å². The molecule has 74 valence electrons. The van der Waals surface area contributed by atoms with E-state index in [1.165, 1.54) is 6.07 Å². The molecule has 1 aromatic carbocycles. The fourth-order valence-corrected chi connectivity index (χ4v) is 2.85. The van der Waals surface area contributed by atoms with Gasteiger partial charge in [0.25, 0.3) is 10.0 Å². The summed E-state index contributed by atoms with van der Waals surface area (Å²) in [5, 5.41) is 2.41. The molecular weight excluding hydrogens is 272 g/mol. The molecule has 0 saturated heterocycles. The van der Waals surface area contributed by atoms with Crippen LogP contribution in [-0.2, 0) is 10.0 Å². The third kappa shape index (κ3) is 1.38. The normalized spacial score (nSPS) is 17.9. The summed E-state index contributed by atoms with van der Waals surface area (Å²) in [6.07, 6.45) is 0. The Morgan fingerprint density at radius 1 is 1.29 bits per heavy atom. The zero-order valence-corrected chi connectivity index (χ0v) is 9.15. The number of anilines is 1. The summed E-state index contributed by atoms with van der Waals surface area (Å²) in [5.74, 6) is 0. The third-order valence-electron chi connectivity index (χ3n) is 1.73. The molecule has 0 fully saturated rings. The zero-order valence-electron chi connectivity index (χ0n) is 6.74. The number of halogens is 1. The molecule has 0 unspecified atom stereocenters. The van der Waals surface area contributed by atoms with Crippen LogP contribution in [0.3, 0.4) is 0 Å². The Labute approximate surface area is 88.7 Å². The van der Waals surface area contributed by atoms with Crippen molar-refractivity contribution in [2.75, 3.05) is 5.32 Å². The van der Waals surface area contributed by atoms with Crippen LogP contribution < -0.4 is 10.0 Å². The van der Waals surface area contributed by atoms with Crippen LogP contribution in [0.1, 0.15) is 0 Å². The molecule has 1 aromatic rings. The van der Waals surface area contributed by atoms with Gasteiger partial charge in [0.05, 0.1) is 5.69 Å². The van der Waals surface area contributed by atoms with Crippen LogP contribution in [0.25, 0.3) is 0 Å². The van der Waals surface area contributed by atoms with Gasteiger partial charge >= 0.3 is 6.03 Å². The lowest BCUT2D eigenvalue weighted by Gasteiger charge is -2.18. The highest BCUT2D eigenvalue weighted by Crippen LogP contribution is 2.31. The molecule has 0 atom stereocenters. The van der Waals surface area contributed by atoms with Crippen molar-refractivity contribution in [3.05, 3.63) is 22.7 Å². The molecular formula is C7H5BrN2O3S. The second-order valence-corrected chi connectivity index (χ2v) is 5.18. The van der Waals surface area contributed by atoms with E-state index in [9.17, 15) is 13.2 Å². The summed E-state index contributed by atoms with van der Waals surface area (Å²) in [6, 6.07) is 3.91. The van der Waals surface area contributed by atoms with Gasteiger partial charge in [-0.15, -0.1) is 0 Å². The van der Waals surface area contributed by atoms with Gasteiger partial charge in [-0.05, 0) is 28.1 Å². The third-order valence-corrected chi connectivity index (χ3v) is 3.76. The predicted octanol–water partition coefficient (Wildman–Crippen LogP) is 1.27. The second kappa shape index (κ2) is 2.96. The number of nitrogens with one attached hydrogen (secondary N) is 2. The zero-order chi connectivity index (χ0) is 10.3. The Balaban J connectivity index is 2.76. The van der Waals surface area contributed by atoms with Crippen molar-refractivity contribution in [2.24, 2.45) is 0 Å². The number of carbonyl (C=O) groups is 1. The van der Waals surface area contributed by atoms with Crippen molar-refractivity contribution >= 4 is 37.7 Å². The monoisotopic (exact) mass is 276 g/mol. The highest BCUT2D eigenvalue weighted by molar-refractivity contribution is 9.10. The molecule has 2 amide bonds. The van der Waals surface area contributed by atoms with Crippen molar-refractivity contribution in [1.29, 1.82) is 0 Å². The summed E-state index contributed by atoms with van der Waals surface area (Å²) < 4.78 is 25.3. The first kappa shape index (κ1) is 9.47. The van der Waals surface area contributed by atoms with Gasteiger partial charge in [-0.25, -0.2) is 17.9 Å². The second-order valence-electron chi connectivity index (χ2n) is 2.67. The largest absolute Gasteiger partial charge is 0.333 e. The maximum Gasteiger partial charge on any atom is 0.333 e. The highest BCUT2D eigenvalue weighted by Gasteiger charge is 2.28. The number of fused-ring (bicyclic) bond motifs is 1. The maximum absolute atomic E-state index is 11.4. The van der Waals surface area contributed by atoms with E-state index in [1.807, 2.05) is 4.72 Å². The predicted molar refractivity (Wildman–Crippen MR) is 53.5 cm³/mol. The first-order valence-electron chi connectivity index (χ1n) is 3.63. The first-order valence-corrected chi connectivity index (χ1v) is 5.90. The van der Waals surface area contributed by atoms with E-state index in [1.54, 1.807) is 12.1 Å². The lowest BCUT2D eigenvalue weighted by atomic mass is 10.3. The molecule has 0 aliphatic carbocycles. The summed E-state index contributed by atoms with van der Waals surface area (Å²) in [5.41, 5.74) is 0.274. The molecule has 1 aliphatic rings. The minimum absolute atomic E-state index is 0.0616. The quantitative estimate of drug-likeness (QED) is 0.750. The maximum atomic E-state index is 11.4. The van der Waals surface area contributed by atoms with Gasteiger partial charge in [0, 0.05) is 4.47 Å². The van der Waals surface area contributed by atoms with E-state index >= 15 is 0 Å². The van der Waals surface area contributed by atoms with Crippen LogP contribution in [0.15, 0.2) is 27.6 Å². The number of sulfonamides is 1. The number of hydrogen-bond donors (Lipinski definition) is 2. The minimum atomic E-state index is -3.71. The molecule has 0 bridgehead atoms. The molecule has 5 nitrogen and oxygen atoms in total. The van der Waals surface area contributed by atoms with E-state index in [2.05, 4.69) is 21.2 Å². The SMILES string of the molecule is O=C1Nc2c(Br)cccc2S(=O)(=O)N1. The molecule has 1 aliphatic heterocycles. The number of carbonyl (C=O) groups excluding carboxylic acids is 1. The molecule has 0 spiro atoms. The van der Waals surface area contributed by atoms with Crippen molar-refractivity contribution in [1.82, 2.24) is 4.72 Å². The van der Waals surface area contributed by atoms with Gasteiger partial charge in [-0.2, -0.15) is 0 Å². The number of para-hydroxylation sites is 1. The van der Waals surface area contributed by atoms with Gasteiger partial charge < -0.3 is 5.32 Å². The number of urea groups is 1. The summed E-state index contributed by atoms with van der Waals surface area (Å²) in [6.45, 7) is 0. The Kier molecular flexibility index (Phi) is 2.00. The number of benzene rings is 1. The molecule has 2 rings (SSSR count). The number of rotatable bonds is 0. The van der Waals surface area contributed by atoms with Crippen molar-refractivity contribution in [3.63, 3.8) is 0 Å². The molecule has 0 aromatic heterocycles. The molecule has 2 N–H and O–H groups in total. The van der Waals surface area contributed by atoms with Gasteiger partial charge in [0.1, 0.15) is 4.90 Å². The van der Waals surface area contributed by atoms with Crippen molar-refractivity contribution in [2.45, 2.75) is 4.90 Å². The van der Waals surface area contributed by atoms with Crippen LogP contribution in [0.4, 0.5) is 10.5 Å². The average molecular weight is 277 g/mol. The van der Waals surface area contributed by atoms with Crippen LogP contribution >= 0.6 is 15.9 Å². The smallest absolute Gasteiger partial charge is 0.305 e. The lowest BCUT2D eigenvalue weighted by molar-refractivity contribution is 0.256. The number of amides is 2.